The lowest BCUT2D eigenvalue weighted by Gasteiger charge is -2.28. The predicted octanol–water partition coefficient (Wildman–Crippen LogP) is 16.7. The van der Waals surface area contributed by atoms with E-state index in [2.05, 4.69) is 78.7 Å². The van der Waals surface area contributed by atoms with Crippen molar-refractivity contribution in [3.63, 3.8) is 0 Å². The van der Waals surface area contributed by atoms with Gasteiger partial charge in [0, 0.05) is 116 Å². The van der Waals surface area contributed by atoms with Gasteiger partial charge in [0.25, 0.3) is 0 Å². The standard InChI is InChI=1S/C86H150N14O12/c1-5-9-13-17-21-25-29-39-59-97-71-75(87-91-97)53-67-107-81(101)49-63-95(64-50-82(102)108-68-54-76-72-98(92-88-76)60-40-30-26-22-18-14-10-6-2)57-37-33-35-43-85(105)111-79-45-47-80(48-46-79)112-86(106)44-36-34-38-58-96(65-51-83(103)109-69-55-77-73-99(93-89-77)61-41-31-27-23-19-15-11-7-3)66-52-84(104)110-70-56-78-74-100(94-90-78)62-42-32-28-24-20-16-12-8-4/h71-74,79-80H,5-70H2,1-4H3. The van der Waals surface area contributed by atoms with E-state index < -0.39 is 0 Å². The minimum atomic E-state index is -0.317. The highest BCUT2D eigenvalue weighted by molar-refractivity contribution is 5.71. The van der Waals surface area contributed by atoms with E-state index in [1.54, 1.807) is 0 Å². The second-order valence-corrected chi connectivity index (χ2v) is 31.4. The molecule has 0 bridgehead atoms. The van der Waals surface area contributed by atoms with Crippen molar-refractivity contribution >= 4 is 35.8 Å². The first kappa shape index (κ1) is 95.9. The van der Waals surface area contributed by atoms with Gasteiger partial charge >= 0.3 is 35.8 Å². The molecule has 1 fully saturated rings. The maximum Gasteiger partial charge on any atom is 0.307 e. The first-order valence-electron chi connectivity index (χ1n) is 44.9. The first-order valence-corrected chi connectivity index (χ1v) is 44.9. The molecule has 4 heterocycles. The smallest absolute Gasteiger partial charge is 0.307 e. The number of hydrogen-bond acceptors (Lipinski definition) is 22. The van der Waals surface area contributed by atoms with Crippen molar-refractivity contribution < 1.29 is 57.2 Å². The number of nitrogens with zero attached hydrogens (tertiary/aromatic N) is 14. The van der Waals surface area contributed by atoms with Crippen molar-refractivity contribution in [2.75, 3.05) is 65.7 Å². The topological polar surface area (TPSA) is 287 Å². The summed E-state index contributed by atoms with van der Waals surface area (Å²) < 4.78 is 41.9. The molecule has 26 nitrogen and oxygen atoms in total. The van der Waals surface area contributed by atoms with Gasteiger partial charge in [-0.3, -0.25) is 47.5 Å². The van der Waals surface area contributed by atoms with Crippen LogP contribution in [0.5, 0.6) is 0 Å². The number of aromatic nitrogens is 12. The molecule has 636 valence electrons. The van der Waals surface area contributed by atoms with Crippen LogP contribution in [0.3, 0.4) is 0 Å². The minimum absolute atomic E-state index is 0.164. The Hall–Kier alpha value is -6.70. The number of hydrogen-bond donors (Lipinski definition) is 0. The Labute approximate surface area is 672 Å². The SMILES string of the molecule is CCCCCCCCCCn1cc(CCOC(=O)CCN(CCCCCC(=O)OC2CCC(OC(=O)CCCCCN(CCC(=O)OCCc3cn(CCCCCCCCCC)nn3)CCC(=O)OCCc3cn(CCCCCCCCCC)nn3)CC2)CCC(=O)OCCc2cn(CCCCCCCCCC)nn2)nn1. The Morgan fingerprint density at radius 1 is 0.286 bits per heavy atom. The predicted molar refractivity (Wildman–Crippen MR) is 436 cm³/mol. The Bertz CT molecular complexity index is 2660. The number of carbonyl (C=O) groups excluding carboxylic acids is 6. The van der Waals surface area contributed by atoms with Crippen molar-refractivity contribution in [2.45, 2.75) is 400 Å². The molecular weight excluding hydrogens is 1420 g/mol. The molecule has 5 rings (SSSR count). The molecule has 0 N–H and O–H groups in total. The van der Waals surface area contributed by atoms with E-state index in [4.69, 9.17) is 28.4 Å². The lowest BCUT2D eigenvalue weighted by atomic mass is 9.95. The van der Waals surface area contributed by atoms with Gasteiger partial charge in [-0.15, -0.1) is 20.4 Å². The van der Waals surface area contributed by atoms with Crippen LogP contribution in [0, 0.1) is 0 Å². The number of rotatable bonds is 74. The zero-order valence-corrected chi connectivity index (χ0v) is 70.3. The minimum Gasteiger partial charge on any atom is -0.465 e. The lowest BCUT2D eigenvalue weighted by Crippen LogP contribution is -2.31. The average Bonchev–Trinajstić information content (AvgIpc) is 1.67. The number of ether oxygens (including phenoxy) is 6. The van der Waals surface area contributed by atoms with Crippen LogP contribution in [0.4, 0.5) is 0 Å². The van der Waals surface area contributed by atoms with Crippen molar-refractivity contribution in [2.24, 2.45) is 0 Å². The Balaban J connectivity index is 0.968. The van der Waals surface area contributed by atoms with E-state index in [0.29, 0.717) is 103 Å². The molecule has 0 amide bonds. The summed E-state index contributed by atoms with van der Waals surface area (Å²) in [5.41, 5.74) is 3.17. The first-order chi connectivity index (χ1) is 54.9. The summed E-state index contributed by atoms with van der Waals surface area (Å²) in [6.45, 7) is 16.0. The Kier molecular flexibility index (Phi) is 55.3. The third kappa shape index (κ3) is 49.8. The highest BCUT2D eigenvalue weighted by atomic mass is 16.6. The molecule has 0 aliphatic heterocycles. The number of carbonyl (C=O) groups is 6. The van der Waals surface area contributed by atoms with Crippen molar-refractivity contribution in [3.05, 3.63) is 47.6 Å². The maximum atomic E-state index is 13.1. The van der Waals surface area contributed by atoms with Gasteiger partial charge in [-0.2, -0.15) is 0 Å². The van der Waals surface area contributed by atoms with Gasteiger partial charge in [0.15, 0.2) is 0 Å². The molecule has 0 unspecified atom stereocenters. The van der Waals surface area contributed by atoms with E-state index in [-0.39, 0.29) is 113 Å². The molecule has 4 aromatic rings. The molecule has 0 spiro atoms. The quantitative estimate of drug-likeness (QED) is 0.0225. The molecule has 1 aliphatic carbocycles. The van der Waals surface area contributed by atoms with E-state index in [1.807, 2.05) is 43.5 Å². The molecule has 4 aromatic heterocycles. The summed E-state index contributed by atoms with van der Waals surface area (Å²) in [7, 11) is 0. The number of esters is 6. The fraction of sp³-hybridized carbons (Fsp3) is 0.837. The normalized spacial score (nSPS) is 13.7. The van der Waals surface area contributed by atoms with Crippen LogP contribution in [0.1, 0.15) is 359 Å². The van der Waals surface area contributed by atoms with Gasteiger partial charge in [0.2, 0.25) is 0 Å². The van der Waals surface area contributed by atoms with Gasteiger partial charge in [-0.05, 0) is 90.1 Å². The molecule has 0 atom stereocenters. The summed E-state index contributed by atoms with van der Waals surface area (Å²) in [4.78, 5) is 82.6. The van der Waals surface area contributed by atoms with Gasteiger partial charge in [0.05, 0.1) is 74.9 Å². The molecule has 0 radical (unpaired) electrons. The van der Waals surface area contributed by atoms with E-state index in [0.717, 1.165) is 100 Å². The maximum absolute atomic E-state index is 13.1. The van der Waals surface area contributed by atoms with Crippen LogP contribution in [0.2, 0.25) is 0 Å². The summed E-state index contributed by atoms with van der Waals surface area (Å²) in [5, 5.41) is 34.3. The highest BCUT2D eigenvalue weighted by Gasteiger charge is 2.27. The van der Waals surface area contributed by atoms with Crippen LogP contribution in [0.15, 0.2) is 24.8 Å². The molecular formula is C86H150N14O12. The Morgan fingerprint density at radius 3 is 0.750 bits per heavy atom. The fourth-order valence-electron chi connectivity index (χ4n) is 14.2. The van der Waals surface area contributed by atoms with E-state index in [9.17, 15) is 28.8 Å². The van der Waals surface area contributed by atoms with Crippen LogP contribution in [-0.4, -0.2) is 183 Å². The number of unbranched alkanes of at least 4 members (excludes halogenated alkanes) is 32. The largest absolute Gasteiger partial charge is 0.465 e. The third-order valence-electron chi connectivity index (χ3n) is 21.2. The number of aryl methyl sites for hydroxylation is 4. The van der Waals surface area contributed by atoms with Gasteiger partial charge in [0.1, 0.15) is 12.2 Å². The average molecular weight is 1570 g/mol. The van der Waals surface area contributed by atoms with Gasteiger partial charge in [-0.25, -0.2) is 0 Å². The monoisotopic (exact) mass is 1570 g/mol. The zero-order chi connectivity index (χ0) is 79.8. The molecule has 26 heteroatoms. The van der Waals surface area contributed by atoms with Crippen LogP contribution < -0.4 is 0 Å². The van der Waals surface area contributed by atoms with E-state index in [1.165, 1.54) is 180 Å². The molecule has 0 saturated heterocycles. The Morgan fingerprint density at radius 2 is 0.509 bits per heavy atom. The van der Waals surface area contributed by atoms with Crippen molar-refractivity contribution in [1.29, 1.82) is 0 Å². The molecule has 1 aliphatic rings. The second-order valence-electron chi connectivity index (χ2n) is 31.4. The molecule has 112 heavy (non-hydrogen) atoms. The van der Waals surface area contributed by atoms with Gasteiger partial charge in [-0.1, -0.05) is 241 Å². The molecule has 0 aromatic carbocycles. The zero-order valence-electron chi connectivity index (χ0n) is 70.3. The lowest BCUT2D eigenvalue weighted by molar-refractivity contribution is -0.158. The van der Waals surface area contributed by atoms with Crippen LogP contribution in [-0.2, 0) is 109 Å². The van der Waals surface area contributed by atoms with Gasteiger partial charge < -0.3 is 38.2 Å². The second kappa shape index (κ2) is 64.6. The van der Waals surface area contributed by atoms with Crippen molar-refractivity contribution in [1.82, 2.24) is 69.8 Å². The fourth-order valence-corrected chi connectivity index (χ4v) is 14.2. The summed E-state index contributed by atoms with van der Waals surface area (Å²) in [6, 6.07) is 0. The molecule has 1 saturated carbocycles. The third-order valence-corrected chi connectivity index (χ3v) is 21.2. The van der Waals surface area contributed by atoms with Crippen LogP contribution >= 0.6 is 0 Å². The summed E-state index contributed by atoms with van der Waals surface area (Å²) >= 11 is 0. The van der Waals surface area contributed by atoms with Crippen LogP contribution in [0.25, 0.3) is 0 Å². The highest BCUT2D eigenvalue weighted by Crippen LogP contribution is 2.26. The van der Waals surface area contributed by atoms with Crippen molar-refractivity contribution in [3.8, 4) is 0 Å². The summed E-state index contributed by atoms with van der Waals surface area (Å²) in [5.74, 6) is -1.76. The van der Waals surface area contributed by atoms with E-state index >= 15 is 0 Å². The summed E-state index contributed by atoms with van der Waals surface area (Å²) in [6.07, 6.45) is 57.1.